The van der Waals surface area contributed by atoms with Crippen molar-refractivity contribution < 1.29 is 19.5 Å². The topological polar surface area (TPSA) is 86.7 Å². The van der Waals surface area contributed by atoms with Crippen LogP contribution in [0.3, 0.4) is 0 Å². The third-order valence-electron chi connectivity index (χ3n) is 4.85. The van der Waals surface area contributed by atoms with Gasteiger partial charge in [0.05, 0.1) is 17.9 Å². The molecule has 0 aliphatic carbocycles. The summed E-state index contributed by atoms with van der Waals surface area (Å²) < 4.78 is 0. The fourth-order valence-corrected chi connectivity index (χ4v) is 2.29. The maximum absolute atomic E-state index is 12.4. The van der Waals surface area contributed by atoms with Crippen LogP contribution in [0.5, 0.6) is 0 Å². The fourth-order valence-electron chi connectivity index (χ4n) is 2.29. The second-order valence-electron chi connectivity index (χ2n) is 6.82. The molecule has 1 aliphatic heterocycles. The van der Waals surface area contributed by atoms with Gasteiger partial charge in [-0.2, -0.15) is 0 Å². The molecule has 2 amide bonds. The lowest BCUT2D eigenvalue weighted by atomic mass is 9.74. The summed E-state index contributed by atoms with van der Waals surface area (Å²) in [6.45, 7) is 10.5. The first-order valence-electron chi connectivity index (χ1n) is 7.32. The molecule has 0 spiro atoms. The molecule has 120 valence electrons. The highest BCUT2D eigenvalue weighted by Crippen LogP contribution is 2.32. The molecule has 21 heavy (non-hydrogen) atoms. The minimum Gasteiger partial charge on any atom is -0.481 e. The second kappa shape index (κ2) is 5.75. The maximum atomic E-state index is 12.4. The summed E-state index contributed by atoms with van der Waals surface area (Å²) in [6, 6.07) is -0.785. The normalized spacial score (nSPS) is 21.8. The number of imide groups is 1. The molecule has 1 saturated heterocycles. The average Bonchev–Trinajstić information content (AvgIpc) is 2.62. The number of aliphatic carboxylic acids is 1. The summed E-state index contributed by atoms with van der Waals surface area (Å²) in [7, 11) is 0. The quantitative estimate of drug-likeness (QED) is 0.724. The summed E-state index contributed by atoms with van der Waals surface area (Å²) in [5.74, 6) is -1.41. The van der Waals surface area contributed by atoms with Gasteiger partial charge in [-0.3, -0.25) is 24.6 Å². The SMILES string of the molecule is CCC(C)N1C(=O)CC(NC(C)(C)C(C)(C)C(=O)O)C1=O. The van der Waals surface area contributed by atoms with Gasteiger partial charge in [-0.05, 0) is 41.0 Å². The van der Waals surface area contributed by atoms with Gasteiger partial charge in [0, 0.05) is 11.6 Å². The van der Waals surface area contributed by atoms with Crippen LogP contribution in [0.15, 0.2) is 0 Å². The second-order valence-corrected chi connectivity index (χ2v) is 6.82. The van der Waals surface area contributed by atoms with Crippen molar-refractivity contribution in [1.29, 1.82) is 0 Å². The van der Waals surface area contributed by atoms with Gasteiger partial charge in [0.2, 0.25) is 11.8 Å². The zero-order valence-electron chi connectivity index (χ0n) is 13.7. The summed E-state index contributed by atoms with van der Waals surface area (Å²) in [5, 5.41) is 12.4. The molecule has 0 radical (unpaired) electrons. The number of likely N-dealkylation sites (tertiary alicyclic amines) is 1. The lowest BCUT2D eigenvalue weighted by Crippen LogP contribution is -2.59. The maximum Gasteiger partial charge on any atom is 0.310 e. The van der Waals surface area contributed by atoms with Crippen LogP contribution >= 0.6 is 0 Å². The molecule has 0 aromatic rings. The Hall–Kier alpha value is -1.43. The summed E-state index contributed by atoms with van der Waals surface area (Å²) in [5.41, 5.74) is -1.90. The van der Waals surface area contributed by atoms with Crippen LogP contribution < -0.4 is 5.32 Å². The number of carboxylic acids is 1. The largest absolute Gasteiger partial charge is 0.481 e. The van der Waals surface area contributed by atoms with Crippen molar-refractivity contribution in [1.82, 2.24) is 10.2 Å². The summed E-state index contributed by atoms with van der Waals surface area (Å²) in [4.78, 5) is 37.1. The van der Waals surface area contributed by atoms with E-state index in [1.54, 1.807) is 27.7 Å². The highest BCUT2D eigenvalue weighted by atomic mass is 16.4. The van der Waals surface area contributed by atoms with E-state index in [4.69, 9.17) is 0 Å². The molecule has 0 aromatic heterocycles. The zero-order chi connectivity index (χ0) is 16.6. The predicted molar refractivity (Wildman–Crippen MR) is 78.6 cm³/mol. The molecule has 1 aliphatic rings. The number of hydrogen-bond acceptors (Lipinski definition) is 4. The Morgan fingerprint density at radius 3 is 2.33 bits per heavy atom. The van der Waals surface area contributed by atoms with Crippen molar-refractivity contribution >= 4 is 17.8 Å². The summed E-state index contributed by atoms with van der Waals surface area (Å²) in [6.07, 6.45) is 0.788. The molecular formula is C15H26N2O4. The molecule has 0 bridgehead atoms. The van der Waals surface area contributed by atoms with Crippen molar-refractivity contribution in [3.8, 4) is 0 Å². The van der Waals surface area contributed by atoms with Gasteiger partial charge in [-0.15, -0.1) is 0 Å². The molecular weight excluding hydrogens is 272 g/mol. The standard InChI is InChI=1S/C15H26N2O4/c1-7-9(2)17-11(18)8-10(12(17)19)16-15(5,6)14(3,4)13(20)21/h9-10,16H,7-8H2,1-6H3,(H,20,21). The van der Waals surface area contributed by atoms with E-state index in [2.05, 4.69) is 5.32 Å². The number of carbonyl (C=O) groups is 3. The zero-order valence-corrected chi connectivity index (χ0v) is 13.7. The Kier molecular flexibility index (Phi) is 4.83. The number of carbonyl (C=O) groups excluding carboxylic acids is 2. The van der Waals surface area contributed by atoms with E-state index in [0.29, 0.717) is 6.42 Å². The van der Waals surface area contributed by atoms with Crippen LogP contribution in [0, 0.1) is 5.41 Å². The highest BCUT2D eigenvalue weighted by Gasteiger charge is 2.48. The van der Waals surface area contributed by atoms with Crippen LogP contribution in [0.2, 0.25) is 0 Å². The Balaban J connectivity index is 2.93. The molecule has 2 atom stereocenters. The van der Waals surface area contributed by atoms with Gasteiger partial charge >= 0.3 is 5.97 Å². The number of nitrogens with zero attached hydrogens (tertiary/aromatic N) is 1. The van der Waals surface area contributed by atoms with Crippen LogP contribution in [0.4, 0.5) is 0 Å². The Bertz CT molecular complexity index is 457. The van der Waals surface area contributed by atoms with Gasteiger partial charge in [0.15, 0.2) is 0 Å². The first-order chi connectivity index (χ1) is 9.45. The van der Waals surface area contributed by atoms with E-state index in [1.165, 1.54) is 4.90 Å². The average molecular weight is 298 g/mol. The molecule has 1 heterocycles. The van der Waals surface area contributed by atoms with Crippen LogP contribution in [-0.4, -0.2) is 45.4 Å². The molecule has 6 nitrogen and oxygen atoms in total. The molecule has 6 heteroatoms. The Morgan fingerprint density at radius 2 is 1.90 bits per heavy atom. The van der Waals surface area contributed by atoms with Gasteiger partial charge in [-0.25, -0.2) is 0 Å². The van der Waals surface area contributed by atoms with E-state index >= 15 is 0 Å². The first-order valence-corrected chi connectivity index (χ1v) is 7.32. The van der Waals surface area contributed by atoms with Crippen molar-refractivity contribution in [3.63, 3.8) is 0 Å². The van der Waals surface area contributed by atoms with E-state index < -0.39 is 23.0 Å². The molecule has 2 unspecified atom stereocenters. The van der Waals surface area contributed by atoms with E-state index in [9.17, 15) is 19.5 Å². The molecule has 2 N–H and O–H groups in total. The van der Waals surface area contributed by atoms with Crippen molar-refractivity contribution in [2.75, 3.05) is 0 Å². The van der Waals surface area contributed by atoms with Gasteiger partial charge in [-0.1, -0.05) is 6.92 Å². The number of nitrogens with one attached hydrogen (secondary N) is 1. The van der Waals surface area contributed by atoms with Gasteiger partial charge in [0.25, 0.3) is 0 Å². The van der Waals surface area contributed by atoms with E-state index in [-0.39, 0.29) is 24.3 Å². The van der Waals surface area contributed by atoms with Crippen molar-refractivity contribution in [3.05, 3.63) is 0 Å². The van der Waals surface area contributed by atoms with Crippen LogP contribution in [-0.2, 0) is 14.4 Å². The number of carboxylic acid groups (broad SMARTS) is 1. The lowest BCUT2D eigenvalue weighted by molar-refractivity contribution is -0.152. The van der Waals surface area contributed by atoms with Gasteiger partial charge in [0.1, 0.15) is 0 Å². The van der Waals surface area contributed by atoms with E-state index in [1.807, 2.05) is 13.8 Å². The molecule has 1 fully saturated rings. The number of amides is 2. The smallest absolute Gasteiger partial charge is 0.310 e. The molecule has 1 rings (SSSR count). The highest BCUT2D eigenvalue weighted by molar-refractivity contribution is 6.05. The van der Waals surface area contributed by atoms with Crippen molar-refractivity contribution in [2.45, 2.75) is 72.0 Å². The fraction of sp³-hybridized carbons (Fsp3) is 0.800. The van der Waals surface area contributed by atoms with Crippen molar-refractivity contribution in [2.24, 2.45) is 5.41 Å². The predicted octanol–water partition coefficient (Wildman–Crippen LogP) is 1.39. The van der Waals surface area contributed by atoms with E-state index in [0.717, 1.165) is 0 Å². The monoisotopic (exact) mass is 298 g/mol. The molecule has 0 saturated carbocycles. The minimum atomic E-state index is -1.07. The summed E-state index contributed by atoms with van der Waals surface area (Å²) >= 11 is 0. The number of rotatable bonds is 6. The lowest BCUT2D eigenvalue weighted by Gasteiger charge is -2.40. The van der Waals surface area contributed by atoms with Gasteiger partial charge < -0.3 is 5.11 Å². The third-order valence-corrected chi connectivity index (χ3v) is 4.85. The Morgan fingerprint density at radius 1 is 1.38 bits per heavy atom. The van der Waals surface area contributed by atoms with Crippen LogP contribution in [0.1, 0.15) is 54.4 Å². The minimum absolute atomic E-state index is 0.0856. The third kappa shape index (κ3) is 3.10. The number of hydrogen-bond donors (Lipinski definition) is 2. The Labute approximate surface area is 125 Å². The van der Waals surface area contributed by atoms with Crippen LogP contribution in [0.25, 0.3) is 0 Å². The first kappa shape index (κ1) is 17.6. The molecule has 0 aromatic carbocycles.